The zero-order valence-electron chi connectivity index (χ0n) is 9.59. The van der Waals surface area contributed by atoms with Crippen LogP contribution in [0.3, 0.4) is 0 Å². The third-order valence-corrected chi connectivity index (χ3v) is 2.79. The van der Waals surface area contributed by atoms with Crippen molar-refractivity contribution >= 4 is 17.6 Å². The summed E-state index contributed by atoms with van der Waals surface area (Å²) in [6, 6.07) is 10.5. The first-order valence-electron chi connectivity index (χ1n) is 5.20. The van der Waals surface area contributed by atoms with Gasteiger partial charge in [0.2, 0.25) is 5.69 Å². The van der Waals surface area contributed by atoms with E-state index in [0.29, 0.717) is 10.4 Å². The number of carbonyl (C=O) groups excluding carboxylic acids is 1. The first-order chi connectivity index (χ1) is 8.63. The Labute approximate surface area is 109 Å². The molecule has 0 saturated carbocycles. The lowest BCUT2D eigenvalue weighted by atomic mass is 10.1. The Morgan fingerprint density at radius 1 is 1.33 bits per heavy atom. The maximum absolute atomic E-state index is 11.9. The lowest BCUT2D eigenvalue weighted by Gasteiger charge is -2.07. The van der Waals surface area contributed by atoms with Crippen LogP contribution in [-0.2, 0) is 4.74 Å². The fourth-order valence-electron chi connectivity index (χ4n) is 1.59. The summed E-state index contributed by atoms with van der Waals surface area (Å²) >= 11 is 5.97. The van der Waals surface area contributed by atoms with Crippen molar-refractivity contribution in [1.29, 1.82) is 0 Å². The van der Waals surface area contributed by atoms with Crippen molar-refractivity contribution in [3.05, 3.63) is 58.4 Å². The molecule has 0 unspecified atom stereocenters. The van der Waals surface area contributed by atoms with E-state index in [9.17, 15) is 10.0 Å². The quantitative estimate of drug-likeness (QED) is 0.475. The van der Waals surface area contributed by atoms with Gasteiger partial charge in [-0.25, -0.2) is 4.79 Å². The average Bonchev–Trinajstić information content (AvgIpc) is 2.41. The molecule has 0 atom stereocenters. The number of hydrogen-bond donors (Lipinski definition) is 0. The molecule has 0 aliphatic rings. The molecule has 0 aliphatic heterocycles. The Morgan fingerprint density at radius 3 is 2.61 bits per heavy atom. The minimum Gasteiger partial charge on any atom is -0.618 e. The normalized spacial score (nSPS) is 10.1. The van der Waals surface area contributed by atoms with Gasteiger partial charge < -0.3 is 9.94 Å². The molecular weight excluding hydrogens is 254 g/mol. The van der Waals surface area contributed by atoms with Gasteiger partial charge in [0.15, 0.2) is 6.20 Å². The Bertz CT molecular complexity index is 584. The van der Waals surface area contributed by atoms with Crippen LogP contribution in [0.2, 0.25) is 5.02 Å². The first kappa shape index (κ1) is 12.4. The number of aromatic nitrogens is 1. The highest BCUT2D eigenvalue weighted by atomic mass is 35.5. The molecular formula is C13H10ClNO3. The highest BCUT2D eigenvalue weighted by Crippen LogP contribution is 2.22. The number of hydrogen-bond acceptors (Lipinski definition) is 3. The molecule has 5 heteroatoms. The molecule has 18 heavy (non-hydrogen) atoms. The molecule has 2 aromatic rings. The number of rotatable bonds is 2. The van der Waals surface area contributed by atoms with Crippen LogP contribution in [0.5, 0.6) is 0 Å². The van der Waals surface area contributed by atoms with Gasteiger partial charge in [-0.15, -0.1) is 0 Å². The Balaban J connectivity index is 2.53. The monoisotopic (exact) mass is 263 g/mol. The van der Waals surface area contributed by atoms with Gasteiger partial charge >= 0.3 is 5.97 Å². The van der Waals surface area contributed by atoms with E-state index < -0.39 is 5.97 Å². The second kappa shape index (κ2) is 5.06. The zero-order valence-corrected chi connectivity index (χ0v) is 10.3. The minimum atomic E-state index is -0.635. The molecule has 0 bridgehead atoms. The van der Waals surface area contributed by atoms with Crippen molar-refractivity contribution in [3.8, 4) is 11.3 Å². The van der Waals surface area contributed by atoms with Crippen LogP contribution in [0.15, 0.2) is 42.6 Å². The maximum Gasteiger partial charge on any atom is 0.345 e. The lowest BCUT2D eigenvalue weighted by Crippen LogP contribution is -2.30. The van der Waals surface area contributed by atoms with Gasteiger partial charge in [-0.3, -0.25) is 0 Å². The number of pyridine rings is 1. The number of esters is 1. The molecule has 0 fully saturated rings. The van der Waals surface area contributed by atoms with E-state index in [0.717, 1.165) is 11.8 Å². The van der Waals surface area contributed by atoms with Crippen LogP contribution in [0, 0.1) is 5.21 Å². The van der Waals surface area contributed by atoms with Crippen LogP contribution >= 0.6 is 11.6 Å². The highest BCUT2D eigenvalue weighted by Gasteiger charge is 2.19. The summed E-state index contributed by atoms with van der Waals surface area (Å²) in [5, 5.41) is 12.1. The van der Waals surface area contributed by atoms with Gasteiger partial charge in [0.05, 0.1) is 12.1 Å². The van der Waals surface area contributed by atoms with E-state index in [1.807, 2.05) is 18.2 Å². The number of nitrogens with zero attached hydrogens (tertiary/aromatic N) is 1. The lowest BCUT2D eigenvalue weighted by molar-refractivity contribution is -0.593. The number of carbonyl (C=O) groups is 1. The standard InChI is InChI=1S/C13H10ClNO3/c1-18-13(16)10-8-15(17)12(7-11(10)14)9-5-3-2-4-6-9/h2-8H,1H3. The zero-order chi connectivity index (χ0) is 13.1. The molecule has 0 N–H and O–H groups in total. The van der Waals surface area contributed by atoms with Gasteiger partial charge in [0.1, 0.15) is 5.56 Å². The summed E-state index contributed by atoms with van der Waals surface area (Å²) in [6.45, 7) is 0. The molecule has 0 aliphatic carbocycles. The van der Waals surface area contributed by atoms with E-state index >= 15 is 0 Å². The Kier molecular flexibility index (Phi) is 3.48. The second-order valence-electron chi connectivity index (χ2n) is 3.60. The fraction of sp³-hybridized carbons (Fsp3) is 0.0769. The number of methoxy groups -OCH3 is 1. The Morgan fingerprint density at radius 2 is 2.00 bits per heavy atom. The van der Waals surface area contributed by atoms with Gasteiger partial charge in [0, 0.05) is 11.6 Å². The third-order valence-electron chi connectivity index (χ3n) is 2.48. The summed E-state index contributed by atoms with van der Waals surface area (Å²) in [7, 11) is 1.24. The highest BCUT2D eigenvalue weighted by molar-refractivity contribution is 6.33. The topological polar surface area (TPSA) is 53.2 Å². The van der Waals surface area contributed by atoms with E-state index in [1.165, 1.54) is 13.2 Å². The summed E-state index contributed by atoms with van der Waals surface area (Å²) < 4.78 is 5.15. The van der Waals surface area contributed by atoms with E-state index in [2.05, 4.69) is 4.74 Å². The van der Waals surface area contributed by atoms with Crippen LogP contribution < -0.4 is 4.73 Å². The molecule has 1 aromatic carbocycles. The van der Waals surface area contributed by atoms with Crippen molar-refractivity contribution in [1.82, 2.24) is 0 Å². The molecule has 4 nitrogen and oxygen atoms in total. The minimum absolute atomic E-state index is 0.0499. The smallest absolute Gasteiger partial charge is 0.345 e. The molecule has 0 amide bonds. The van der Waals surface area contributed by atoms with Gasteiger partial charge in [0.25, 0.3) is 0 Å². The first-order valence-corrected chi connectivity index (χ1v) is 5.57. The molecule has 2 rings (SSSR count). The number of ether oxygens (including phenoxy) is 1. The SMILES string of the molecule is COC(=O)c1c[n+]([O-])c(-c2ccccc2)cc1Cl. The largest absolute Gasteiger partial charge is 0.618 e. The predicted octanol–water partition coefficient (Wildman–Crippen LogP) is 2.43. The van der Waals surface area contributed by atoms with Crippen LogP contribution in [0.25, 0.3) is 11.3 Å². The van der Waals surface area contributed by atoms with Crippen LogP contribution in [0.4, 0.5) is 0 Å². The number of benzene rings is 1. The van der Waals surface area contributed by atoms with Crippen molar-refractivity contribution in [2.24, 2.45) is 0 Å². The third kappa shape index (κ3) is 2.28. The molecule has 1 heterocycles. The average molecular weight is 264 g/mol. The van der Waals surface area contributed by atoms with Gasteiger partial charge in [-0.2, -0.15) is 4.73 Å². The summed E-state index contributed by atoms with van der Waals surface area (Å²) in [5.41, 5.74) is 1.16. The molecule has 0 saturated heterocycles. The fourth-order valence-corrected chi connectivity index (χ4v) is 1.82. The molecule has 0 spiro atoms. The van der Waals surface area contributed by atoms with Gasteiger partial charge in [-0.1, -0.05) is 29.8 Å². The van der Waals surface area contributed by atoms with E-state index in [4.69, 9.17) is 11.6 Å². The predicted molar refractivity (Wildman–Crippen MR) is 67.2 cm³/mol. The Hall–Kier alpha value is -2.07. The van der Waals surface area contributed by atoms with Crippen molar-refractivity contribution in [2.75, 3.05) is 7.11 Å². The van der Waals surface area contributed by atoms with E-state index in [1.54, 1.807) is 12.1 Å². The van der Waals surface area contributed by atoms with Crippen LogP contribution in [0.1, 0.15) is 10.4 Å². The van der Waals surface area contributed by atoms with Crippen molar-refractivity contribution in [2.45, 2.75) is 0 Å². The van der Waals surface area contributed by atoms with Gasteiger partial charge in [-0.05, 0) is 12.1 Å². The van der Waals surface area contributed by atoms with Crippen molar-refractivity contribution < 1.29 is 14.3 Å². The summed E-state index contributed by atoms with van der Waals surface area (Å²) in [4.78, 5) is 11.4. The van der Waals surface area contributed by atoms with Crippen molar-refractivity contribution in [3.63, 3.8) is 0 Å². The second-order valence-corrected chi connectivity index (χ2v) is 4.01. The van der Waals surface area contributed by atoms with Crippen LogP contribution in [-0.4, -0.2) is 13.1 Å². The summed E-state index contributed by atoms with van der Waals surface area (Å²) in [5.74, 6) is -0.635. The molecule has 92 valence electrons. The van der Waals surface area contributed by atoms with E-state index in [-0.39, 0.29) is 10.6 Å². The number of halogens is 1. The maximum atomic E-state index is 11.9. The molecule has 1 aromatic heterocycles. The molecule has 0 radical (unpaired) electrons. The summed E-state index contributed by atoms with van der Waals surface area (Å²) in [6.07, 6.45) is 1.12.